The van der Waals surface area contributed by atoms with E-state index in [1.165, 1.54) is 10.7 Å². The molecule has 0 aliphatic carbocycles. The highest BCUT2D eigenvalue weighted by Gasteiger charge is 2.09. The highest BCUT2D eigenvalue weighted by molar-refractivity contribution is 5.94. The monoisotopic (exact) mass is 475 g/mol. The summed E-state index contributed by atoms with van der Waals surface area (Å²) in [4.78, 5) is 36.6. The Morgan fingerprint density at radius 3 is 2.49 bits per heavy atom. The number of esters is 1. The molecule has 3 aromatic rings. The Balaban J connectivity index is 1.69. The molecule has 1 heterocycles. The molecule has 1 N–H and O–H groups in total. The lowest BCUT2D eigenvalue weighted by atomic mass is 10.1. The average molecular weight is 476 g/mol. The predicted molar refractivity (Wildman–Crippen MR) is 136 cm³/mol. The second-order valence-corrected chi connectivity index (χ2v) is 8.89. The molecule has 1 aromatic heterocycles. The van der Waals surface area contributed by atoms with E-state index in [2.05, 4.69) is 24.3 Å². The maximum atomic E-state index is 12.4. The molecule has 0 saturated carbocycles. The molecule has 3 rings (SSSR count). The smallest absolute Gasteiger partial charge is 0.310 e. The molecule has 0 fully saturated rings. The molecule has 0 atom stereocenters. The fourth-order valence-electron chi connectivity index (χ4n) is 3.71. The summed E-state index contributed by atoms with van der Waals surface area (Å²) in [6.45, 7) is 7.39. The summed E-state index contributed by atoms with van der Waals surface area (Å²) in [6.07, 6.45) is 2.22. The molecule has 35 heavy (non-hydrogen) atoms. The number of amides is 1. The fraction of sp³-hybridized carbons (Fsp3) is 0.357. The number of carbonyl (C=O) groups excluding carboxylic acids is 2. The van der Waals surface area contributed by atoms with Crippen LogP contribution in [-0.4, -0.2) is 34.8 Å². The Morgan fingerprint density at radius 2 is 1.77 bits per heavy atom. The predicted octanol–water partition coefficient (Wildman–Crippen LogP) is 4.23. The lowest BCUT2D eigenvalue weighted by Gasteiger charge is -2.10. The van der Waals surface area contributed by atoms with Gasteiger partial charge in [-0.25, -0.2) is 4.68 Å². The van der Waals surface area contributed by atoms with Crippen molar-refractivity contribution in [3.63, 3.8) is 0 Å². The summed E-state index contributed by atoms with van der Waals surface area (Å²) >= 11 is 0. The topological polar surface area (TPSA) is 90.3 Å². The van der Waals surface area contributed by atoms with Gasteiger partial charge in [-0.1, -0.05) is 50.2 Å². The number of hydrogen-bond donors (Lipinski definition) is 1. The van der Waals surface area contributed by atoms with Gasteiger partial charge in [0.25, 0.3) is 11.5 Å². The maximum Gasteiger partial charge on any atom is 0.310 e. The van der Waals surface area contributed by atoms with Gasteiger partial charge in [0, 0.05) is 23.7 Å². The van der Waals surface area contributed by atoms with E-state index in [-0.39, 0.29) is 30.4 Å². The van der Waals surface area contributed by atoms with Crippen molar-refractivity contribution in [1.29, 1.82) is 0 Å². The SMILES string of the molecule is CCOC(=O)Cc1cccc(Cn2nc(-c3ccc(C(=O)NCCCC(C)C)cc3)ccc2=O)c1. The number of benzene rings is 2. The van der Waals surface area contributed by atoms with Gasteiger partial charge in [-0.2, -0.15) is 5.10 Å². The van der Waals surface area contributed by atoms with Crippen LogP contribution in [0.5, 0.6) is 0 Å². The summed E-state index contributed by atoms with van der Waals surface area (Å²) < 4.78 is 6.41. The minimum Gasteiger partial charge on any atom is -0.466 e. The zero-order chi connectivity index (χ0) is 25.2. The molecule has 1 amide bonds. The first kappa shape index (κ1) is 25.9. The van der Waals surface area contributed by atoms with Crippen molar-refractivity contribution in [2.45, 2.75) is 46.6 Å². The molecular formula is C28H33N3O4. The molecule has 0 saturated heterocycles. The van der Waals surface area contributed by atoms with Crippen LogP contribution in [0.2, 0.25) is 0 Å². The number of nitrogens with zero attached hydrogens (tertiary/aromatic N) is 2. The van der Waals surface area contributed by atoms with Crippen molar-refractivity contribution in [2.24, 2.45) is 5.92 Å². The standard InChI is InChI=1S/C28H33N3O4/c1-4-35-27(33)18-21-8-5-9-22(17-21)19-31-26(32)15-14-25(30-31)23-10-12-24(13-11-23)28(34)29-16-6-7-20(2)3/h5,8-15,17,20H,4,6-7,16,18-19H2,1-3H3,(H,29,34). The summed E-state index contributed by atoms with van der Waals surface area (Å²) in [6, 6.07) is 17.8. The highest BCUT2D eigenvalue weighted by atomic mass is 16.5. The molecule has 184 valence electrons. The summed E-state index contributed by atoms with van der Waals surface area (Å²) in [5.74, 6) is 0.242. The van der Waals surface area contributed by atoms with Crippen LogP contribution in [0.25, 0.3) is 11.3 Å². The zero-order valence-electron chi connectivity index (χ0n) is 20.6. The normalized spacial score (nSPS) is 10.9. The van der Waals surface area contributed by atoms with Gasteiger partial charge in [0.1, 0.15) is 0 Å². The van der Waals surface area contributed by atoms with Crippen LogP contribution in [0.1, 0.15) is 55.1 Å². The van der Waals surface area contributed by atoms with Gasteiger partial charge in [0.05, 0.1) is 25.3 Å². The molecule has 2 aromatic carbocycles. The van der Waals surface area contributed by atoms with Crippen LogP contribution < -0.4 is 10.9 Å². The van der Waals surface area contributed by atoms with Crippen LogP contribution in [0, 0.1) is 5.92 Å². The molecule has 0 spiro atoms. The summed E-state index contributed by atoms with van der Waals surface area (Å²) in [7, 11) is 0. The summed E-state index contributed by atoms with van der Waals surface area (Å²) in [5.41, 5.74) is 3.50. The third kappa shape index (κ3) is 7.91. The first-order chi connectivity index (χ1) is 16.9. The molecule has 7 heteroatoms. The quantitative estimate of drug-likeness (QED) is 0.331. The van der Waals surface area contributed by atoms with Crippen LogP contribution in [0.15, 0.2) is 65.5 Å². The van der Waals surface area contributed by atoms with E-state index in [4.69, 9.17) is 4.74 Å². The lowest BCUT2D eigenvalue weighted by Crippen LogP contribution is -2.24. The van der Waals surface area contributed by atoms with E-state index >= 15 is 0 Å². The van der Waals surface area contributed by atoms with Gasteiger partial charge in [0.2, 0.25) is 0 Å². The minimum atomic E-state index is -0.283. The number of aromatic nitrogens is 2. The molecule has 0 bridgehead atoms. The van der Waals surface area contributed by atoms with Gasteiger partial charge in [0.15, 0.2) is 0 Å². The number of ether oxygens (including phenoxy) is 1. The molecule has 0 aliphatic heterocycles. The Bertz CT molecular complexity index is 1200. The van der Waals surface area contributed by atoms with Crippen LogP contribution >= 0.6 is 0 Å². The zero-order valence-corrected chi connectivity index (χ0v) is 20.6. The highest BCUT2D eigenvalue weighted by Crippen LogP contribution is 2.17. The van der Waals surface area contributed by atoms with Crippen LogP contribution in [0.3, 0.4) is 0 Å². The molecule has 0 radical (unpaired) electrons. The van der Waals surface area contributed by atoms with Crippen molar-refractivity contribution in [3.05, 3.63) is 87.7 Å². The van der Waals surface area contributed by atoms with E-state index in [9.17, 15) is 14.4 Å². The Hall–Kier alpha value is -3.74. The van der Waals surface area contributed by atoms with Crippen LogP contribution in [0.4, 0.5) is 0 Å². The van der Waals surface area contributed by atoms with Crippen molar-refractivity contribution >= 4 is 11.9 Å². The molecule has 0 aliphatic rings. The third-order valence-corrected chi connectivity index (χ3v) is 5.53. The van der Waals surface area contributed by atoms with Crippen molar-refractivity contribution in [2.75, 3.05) is 13.2 Å². The number of nitrogens with one attached hydrogen (secondary N) is 1. The van der Waals surface area contributed by atoms with Crippen molar-refractivity contribution < 1.29 is 14.3 Å². The van der Waals surface area contributed by atoms with E-state index in [1.54, 1.807) is 25.1 Å². The molecular weight excluding hydrogens is 442 g/mol. The van der Waals surface area contributed by atoms with Gasteiger partial charge in [-0.05, 0) is 55.0 Å². The van der Waals surface area contributed by atoms with E-state index in [1.807, 2.05) is 36.4 Å². The van der Waals surface area contributed by atoms with E-state index in [0.717, 1.165) is 29.5 Å². The Morgan fingerprint density at radius 1 is 1.03 bits per heavy atom. The first-order valence-corrected chi connectivity index (χ1v) is 12.1. The second kappa shape index (κ2) is 12.6. The number of hydrogen-bond acceptors (Lipinski definition) is 5. The lowest BCUT2D eigenvalue weighted by molar-refractivity contribution is -0.142. The summed E-state index contributed by atoms with van der Waals surface area (Å²) in [5, 5.41) is 7.47. The molecule has 0 unspecified atom stereocenters. The molecule has 7 nitrogen and oxygen atoms in total. The maximum absolute atomic E-state index is 12.4. The number of rotatable bonds is 11. The third-order valence-electron chi connectivity index (χ3n) is 5.53. The first-order valence-electron chi connectivity index (χ1n) is 12.1. The Kier molecular flexibility index (Phi) is 9.35. The largest absolute Gasteiger partial charge is 0.466 e. The van der Waals surface area contributed by atoms with Gasteiger partial charge < -0.3 is 10.1 Å². The Labute approximate surface area is 206 Å². The van der Waals surface area contributed by atoms with E-state index < -0.39 is 0 Å². The average Bonchev–Trinajstić information content (AvgIpc) is 2.83. The fourth-order valence-corrected chi connectivity index (χ4v) is 3.71. The van der Waals surface area contributed by atoms with Crippen LogP contribution in [-0.2, 0) is 22.5 Å². The van der Waals surface area contributed by atoms with Gasteiger partial charge >= 0.3 is 5.97 Å². The van der Waals surface area contributed by atoms with E-state index in [0.29, 0.717) is 30.3 Å². The number of carbonyl (C=O) groups is 2. The second-order valence-electron chi connectivity index (χ2n) is 8.89. The van der Waals surface area contributed by atoms with Gasteiger partial charge in [-0.3, -0.25) is 14.4 Å². The van der Waals surface area contributed by atoms with Crippen molar-refractivity contribution in [1.82, 2.24) is 15.1 Å². The van der Waals surface area contributed by atoms with Gasteiger partial charge in [-0.15, -0.1) is 0 Å². The minimum absolute atomic E-state index is 0.0964. The van der Waals surface area contributed by atoms with Crippen molar-refractivity contribution in [3.8, 4) is 11.3 Å².